The smallest absolute Gasteiger partial charge is 0.287 e. The molecule has 0 saturated heterocycles. The lowest BCUT2D eigenvalue weighted by atomic mass is 10.1. The molecule has 2 N–H and O–H groups in total. The van der Waals surface area contributed by atoms with Crippen molar-refractivity contribution in [1.29, 1.82) is 0 Å². The molecule has 0 aromatic carbocycles. The fourth-order valence-corrected chi connectivity index (χ4v) is 2.03. The molecular weight excluding hydrogens is 266 g/mol. The third-order valence-electron chi connectivity index (χ3n) is 2.69. The van der Waals surface area contributed by atoms with E-state index in [1.807, 2.05) is 20.8 Å². The van der Waals surface area contributed by atoms with Crippen molar-refractivity contribution in [3.63, 3.8) is 0 Å². The van der Waals surface area contributed by atoms with Crippen molar-refractivity contribution < 1.29 is 5.11 Å². The van der Waals surface area contributed by atoms with Crippen LogP contribution in [0.1, 0.15) is 33.6 Å². The van der Waals surface area contributed by atoms with Crippen molar-refractivity contribution in [3.8, 4) is 0 Å². The van der Waals surface area contributed by atoms with Gasteiger partial charge in [0.25, 0.3) is 5.56 Å². The number of nitrogens with one attached hydrogen (secondary N) is 1. The summed E-state index contributed by atoms with van der Waals surface area (Å²) in [5.74, 6) is 0.419. The minimum absolute atomic E-state index is 0.125. The Labute approximate surface area is 118 Å². The number of rotatable bonds is 7. The van der Waals surface area contributed by atoms with Gasteiger partial charge >= 0.3 is 0 Å². The van der Waals surface area contributed by atoms with Gasteiger partial charge in [0, 0.05) is 13.1 Å². The van der Waals surface area contributed by atoms with Gasteiger partial charge in [-0.25, -0.2) is 4.68 Å². The topological polar surface area (TPSA) is 67.2 Å². The van der Waals surface area contributed by atoms with E-state index in [-0.39, 0.29) is 10.6 Å². The second-order valence-electron chi connectivity index (χ2n) is 5.06. The number of aliphatic hydroxyl groups is 1. The Morgan fingerprint density at radius 1 is 1.53 bits per heavy atom. The number of nitrogens with zero attached hydrogens (tertiary/aromatic N) is 2. The first-order valence-electron chi connectivity index (χ1n) is 6.63. The largest absolute Gasteiger partial charge is 0.391 e. The minimum atomic E-state index is -0.464. The minimum Gasteiger partial charge on any atom is -0.391 e. The van der Waals surface area contributed by atoms with Crippen molar-refractivity contribution in [2.45, 2.75) is 46.3 Å². The SMILES string of the molecule is CCCn1ncc(NCC(O)CC(C)C)c(Cl)c1=O. The molecule has 0 spiro atoms. The molecule has 0 aliphatic carbocycles. The molecule has 19 heavy (non-hydrogen) atoms. The van der Waals surface area contributed by atoms with E-state index in [0.29, 0.717) is 31.1 Å². The number of halogens is 1. The van der Waals surface area contributed by atoms with Crippen LogP contribution in [0.5, 0.6) is 0 Å². The molecule has 0 aliphatic heterocycles. The first-order valence-corrected chi connectivity index (χ1v) is 7.01. The summed E-state index contributed by atoms with van der Waals surface area (Å²) in [6, 6.07) is 0. The molecule has 1 aromatic heterocycles. The fraction of sp³-hybridized carbons (Fsp3) is 0.692. The fourth-order valence-electron chi connectivity index (χ4n) is 1.81. The summed E-state index contributed by atoms with van der Waals surface area (Å²) in [5.41, 5.74) is 0.175. The normalized spacial score (nSPS) is 12.7. The monoisotopic (exact) mass is 287 g/mol. The molecule has 1 atom stereocenters. The average Bonchev–Trinajstić information content (AvgIpc) is 2.33. The van der Waals surface area contributed by atoms with Crippen LogP contribution >= 0.6 is 11.6 Å². The van der Waals surface area contributed by atoms with Crippen LogP contribution in [0.3, 0.4) is 0 Å². The van der Waals surface area contributed by atoms with Gasteiger partial charge < -0.3 is 10.4 Å². The summed E-state index contributed by atoms with van der Waals surface area (Å²) in [5, 5.41) is 16.9. The zero-order chi connectivity index (χ0) is 14.4. The molecule has 5 nitrogen and oxygen atoms in total. The van der Waals surface area contributed by atoms with Gasteiger partial charge in [0.2, 0.25) is 0 Å². The van der Waals surface area contributed by atoms with E-state index in [4.69, 9.17) is 11.6 Å². The lowest BCUT2D eigenvalue weighted by Gasteiger charge is -2.15. The van der Waals surface area contributed by atoms with Gasteiger partial charge in [0.1, 0.15) is 5.02 Å². The summed E-state index contributed by atoms with van der Waals surface area (Å²) in [4.78, 5) is 11.9. The highest BCUT2D eigenvalue weighted by Crippen LogP contribution is 2.16. The highest BCUT2D eigenvalue weighted by atomic mass is 35.5. The molecule has 1 heterocycles. The molecular formula is C13H22ClN3O2. The number of hydrogen-bond acceptors (Lipinski definition) is 4. The maximum Gasteiger partial charge on any atom is 0.287 e. The van der Waals surface area contributed by atoms with Gasteiger partial charge in [-0.3, -0.25) is 4.79 Å². The molecule has 1 unspecified atom stereocenters. The molecule has 0 bridgehead atoms. The Morgan fingerprint density at radius 2 is 2.21 bits per heavy atom. The molecule has 0 saturated carbocycles. The third kappa shape index (κ3) is 4.84. The van der Waals surface area contributed by atoms with E-state index in [1.165, 1.54) is 10.9 Å². The Morgan fingerprint density at radius 3 is 2.79 bits per heavy atom. The van der Waals surface area contributed by atoms with Gasteiger partial charge in [0.15, 0.2) is 0 Å². The van der Waals surface area contributed by atoms with Crippen molar-refractivity contribution in [2.24, 2.45) is 5.92 Å². The maximum absolute atomic E-state index is 11.9. The summed E-state index contributed by atoms with van der Waals surface area (Å²) in [6.07, 6.45) is 2.59. The van der Waals surface area contributed by atoms with Gasteiger partial charge in [-0.05, 0) is 18.8 Å². The first kappa shape index (κ1) is 16.0. The van der Waals surface area contributed by atoms with E-state index in [0.717, 1.165) is 6.42 Å². The molecule has 1 rings (SSSR count). The van der Waals surface area contributed by atoms with Crippen LogP contribution in [-0.2, 0) is 6.54 Å². The van der Waals surface area contributed by atoms with Crippen molar-refractivity contribution in [2.75, 3.05) is 11.9 Å². The van der Waals surface area contributed by atoms with Crippen LogP contribution in [-0.4, -0.2) is 27.5 Å². The predicted octanol–water partition coefficient (Wildman–Crippen LogP) is 2.13. The third-order valence-corrected chi connectivity index (χ3v) is 3.06. The van der Waals surface area contributed by atoms with Crippen LogP contribution in [0.25, 0.3) is 0 Å². The molecule has 6 heteroatoms. The summed E-state index contributed by atoms with van der Waals surface area (Å²) >= 11 is 6.01. The van der Waals surface area contributed by atoms with E-state index in [9.17, 15) is 9.90 Å². The standard InChI is InChI=1S/C13H22ClN3O2/c1-4-5-17-13(19)12(14)11(8-16-17)15-7-10(18)6-9(2)3/h8-10,15,18H,4-7H2,1-3H3. The highest BCUT2D eigenvalue weighted by molar-refractivity contribution is 6.32. The summed E-state index contributed by atoms with van der Waals surface area (Å²) in [6.45, 7) is 6.97. The zero-order valence-electron chi connectivity index (χ0n) is 11.7. The number of anilines is 1. The summed E-state index contributed by atoms with van der Waals surface area (Å²) < 4.78 is 1.35. The lowest BCUT2D eigenvalue weighted by Crippen LogP contribution is -2.26. The zero-order valence-corrected chi connectivity index (χ0v) is 12.4. The Bertz CT molecular complexity index is 460. The maximum atomic E-state index is 11.9. The lowest BCUT2D eigenvalue weighted by molar-refractivity contribution is 0.161. The average molecular weight is 288 g/mol. The number of aryl methyl sites for hydroxylation is 1. The van der Waals surface area contributed by atoms with Gasteiger partial charge in [-0.2, -0.15) is 5.10 Å². The molecule has 0 aliphatic rings. The number of aliphatic hydroxyl groups excluding tert-OH is 1. The van der Waals surface area contributed by atoms with E-state index in [2.05, 4.69) is 10.4 Å². The van der Waals surface area contributed by atoms with E-state index >= 15 is 0 Å². The molecule has 0 radical (unpaired) electrons. The van der Waals surface area contributed by atoms with E-state index in [1.54, 1.807) is 0 Å². The molecule has 0 fully saturated rings. The van der Waals surface area contributed by atoms with Crippen molar-refractivity contribution in [3.05, 3.63) is 21.6 Å². The van der Waals surface area contributed by atoms with Crippen LogP contribution in [0, 0.1) is 5.92 Å². The van der Waals surface area contributed by atoms with Crippen molar-refractivity contribution >= 4 is 17.3 Å². The first-order chi connectivity index (χ1) is 8.95. The molecule has 1 aromatic rings. The highest BCUT2D eigenvalue weighted by Gasteiger charge is 2.11. The Hall–Kier alpha value is -1.07. The van der Waals surface area contributed by atoms with Crippen LogP contribution < -0.4 is 10.9 Å². The Kier molecular flexibility index (Phi) is 6.31. The van der Waals surface area contributed by atoms with Crippen LogP contribution in [0.15, 0.2) is 11.0 Å². The van der Waals surface area contributed by atoms with E-state index < -0.39 is 6.10 Å². The second-order valence-corrected chi connectivity index (χ2v) is 5.44. The molecule has 0 amide bonds. The van der Waals surface area contributed by atoms with Crippen LogP contribution in [0.4, 0.5) is 5.69 Å². The second kappa shape index (κ2) is 7.50. The number of hydrogen-bond donors (Lipinski definition) is 2. The predicted molar refractivity (Wildman–Crippen MR) is 77.7 cm³/mol. The quantitative estimate of drug-likeness (QED) is 0.806. The Balaban J connectivity index is 2.70. The van der Waals surface area contributed by atoms with Gasteiger partial charge in [-0.15, -0.1) is 0 Å². The molecule has 108 valence electrons. The van der Waals surface area contributed by atoms with Crippen LogP contribution in [0.2, 0.25) is 5.02 Å². The number of aromatic nitrogens is 2. The van der Waals surface area contributed by atoms with Crippen molar-refractivity contribution in [1.82, 2.24) is 9.78 Å². The van der Waals surface area contributed by atoms with Gasteiger partial charge in [-0.1, -0.05) is 32.4 Å². The summed E-state index contributed by atoms with van der Waals surface area (Å²) in [7, 11) is 0. The van der Waals surface area contributed by atoms with Gasteiger partial charge in [0.05, 0.1) is 18.0 Å².